The second kappa shape index (κ2) is 6.21. The van der Waals surface area contributed by atoms with Gasteiger partial charge in [0, 0.05) is 26.1 Å². The third kappa shape index (κ3) is 3.24. The predicted octanol–water partition coefficient (Wildman–Crippen LogP) is -0.0367. The largest absolute Gasteiger partial charge is 0.332 e. The highest BCUT2D eigenvalue weighted by molar-refractivity contribution is 5.79. The quantitative estimate of drug-likeness (QED) is 0.734. The molecule has 7 heteroatoms. The van der Waals surface area contributed by atoms with Gasteiger partial charge in [0.15, 0.2) is 0 Å². The molecule has 1 heterocycles. The first-order valence-corrected chi connectivity index (χ1v) is 6.25. The second-order valence-corrected chi connectivity index (χ2v) is 4.40. The van der Waals surface area contributed by atoms with Crippen molar-refractivity contribution in [2.45, 2.75) is 26.7 Å². The lowest BCUT2D eigenvalue weighted by molar-refractivity contribution is -0.124. The molecule has 0 bridgehead atoms. The predicted molar refractivity (Wildman–Crippen MR) is 72.8 cm³/mol. The molecule has 0 unspecified atom stereocenters. The minimum absolute atomic E-state index is 0.0870. The van der Waals surface area contributed by atoms with Crippen molar-refractivity contribution in [1.29, 1.82) is 0 Å². The van der Waals surface area contributed by atoms with E-state index in [0.29, 0.717) is 0 Å². The monoisotopic (exact) mass is 268 g/mol. The number of aromatic nitrogens is 2. The lowest BCUT2D eigenvalue weighted by Gasteiger charge is -2.16. The third-order valence-electron chi connectivity index (χ3n) is 3.20. The molecule has 0 saturated heterocycles. The molecule has 1 amide bonds. The fourth-order valence-electron chi connectivity index (χ4n) is 1.74. The van der Waals surface area contributed by atoms with Crippen LogP contribution in [0.3, 0.4) is 0 Å². The first-order chi connectivity index (χ1) is 8.92. The lowest BCUT2D eigenvalue weighted by atomic mass is 10.0. The first kappa shape index (κ1) is 15.0. The molecule has 106 valence electrons. The molecule has 0 aromatic carbocycles. The van der Waals surface area contributed by atoms with E-state index >= 15 is 0 Å². The Morgan fingerprint density at radius 1 is 1.21 bits per heavy atom. The highest BCUT2D eigenvalue weighted by atomic mass is 16.2. The Hall–Kier alpha value is -2.05. The first-order valence-electron chi connectivity index (χ1n) is 6.25. The van der Waals surface area contributed by atoms with Gasteiger partial charge in [0.05, 0.1) is 0 Å². The number of carbonyl (C=O) groups excluding carboxylic acids is 1. The van der Waals surface area contributed by atoms with Crippen LogP contribution >= 0.6 is 0 Å². The topological polar surface area (TPSA) is 85.1 Å². The number of amides is 1. The molecule has 0 fully saturated rings. The van der Waals surface area contributed by atoms with E-state index in [0.717, 1.165) is 17.4 Å². The zero-order valence-corrected chi connectivity index (χ0v) is 11.7. The molecular weight excluding hydrogens is 248 g/mol. The van der Waals surface area contributed by atoms with E-state index in [1.807, 2.05) is 13.8 Å². The fraction of sp³-hybridized carbons (Fsp3) is 0.583. The number of hydrogen-bond donors (Lipinski definition) is 2. The minimum atomic E-state index is -0.452. The van der Waals surface area contributed by atoms with Gasteiger partial charge >= 0.3 is 5.69 Å². The maximum atomic E-state index is 11.8. The average molecular weight is 268 g/mol. The van der Waals surface area contributed by atoms with Gasteiger partial charge in [-0.05, 0) is 12.8 Å². The van der Waals surface area contributed by atoms with Gasteiger partial charge in [-0.1, -0.05) is 13.8 Å². The zero-order valence-electron chi connectivity index (χ0n) is 11.7. The minimum Gasteiger partial charge on any atom is -0.283 e. The van der Waals surface area contributed by atoms with Crippen molar-refractivity contribution >= 4 is 11.7 Å². The Kier molecular flexibility index (Phi) is 4.91. The van der Waals surface area contributed by atoms with Gasteiger partial charge < -0.3 is 0 Å². The molecule has 7 nitrogen and oxygen atoms in total. The molecule has 0 aliphatic heterocycles. The summed E-state index contributed by atoms with van der Waals surface area (Å²) in [5, 5.41) is 0. The van der Waals surface area contributed by atoms with Crippen LogP contribution in [-0.4, -0.2) is 15.0 Å². The Morgan fingerprint density at radius 3 is 2.32 bits per heavy atom. The molecule has 19 heavy (non-hydrogen) atoms. The second-order valence-electron chi connectivity index (χ2n) is 4.40. The molecule has 0 spiro atoms. The number of anilines is 1. The summed E-state index contributed by atoms with van der Waals surface area (Å²) in [6.07, 6.45) is 1.47. The van der Waals surface area contributed by atoms with Crippen molar-refractivity contribution in [3.05, 3.63) is 26.9 Å². The van der Waals surface area contributed by atoms with Crippen LogP contribution < -0.4 is 22.1 Å². The number of nitrogens with one attached hydrogen (secondary N) is 2. The maximum Gasteiger partial charge on any atom is 0.332 e. The van der Waals surface area contributed by atoms with Crippen LogP contribution in [0.2, 0.25) is 0 Å². The number of nitrogens with zero attached hydrogens (tertiary/aromatic N) is 2. The van der Waals surface area contributed by atoms with Gasteiger partial charge in [0.25, 0.3) is 5.56 Å². The molecule has 0 aliphatic carbocycles. The summed E-state index contributed by atoms with van der Waals surface area (Å²) in [5.74, 6) is 0.0154. The normalized spacial score (nSPS) is 10.6. The van der Waals surface area contributed by atoms with Crippen molar-refractivity contribution in [1.82, 2.24) is 14.6 Å². The zero-order chi connectivity index (χ0) is 14.6. The van der Waals surface area contributed by atoms with Gasteiger partial charge in [-0.2, -0.15) is 0 Å². The molecule has 0 saturated carbocycles. The van der Waals surface area contributed by atoms with Gasteiger partial charge in [0.1, 0.15) is 5.82 Å². The Bertz CT molecular complexity index is 569. The molecule has 0 atom stereocenters. The van der Waals surface area contributed by atoms with Crippen LogP contribution in [0.4, 0.5) is 5.82 Å². The molecule has 1 aromatic rings. The summed E-state index contributed by atoms with van der Waals surface area (Å²) < 4.78 is 2.25. The van der Waals surface area contributed by atoms with Crippen molar-refractivity contribution < 1.29 is 4.79 Å². The number of carbonyl (C=O) groups is 1. The van der Waals surface area contributed by atoms with Gasteiger partial charge in [-0.15, -0.1) is 0 Å². The Morgan fingerprint density at radius 2 is 1.79 bits per heavy atom. The molecule has 0 aliphatic rings. The number of rotatable bonds is 5. The van der Waals surface area contributed by atoms with Crippen LogP contribution in [0.15, 0.2) is 15.7 Å². The van der Waals surface area contributed by atoms with Crippen LogP contribution in [0.1, 0.15) is 26.7 Å². The molecule has 1 aromatic heterocycles. The van der Waals surface area contributed by atoms with Crippen LogP contribution in [0, 0.1) is 5.92 Å². The summed E-state index contributed by atoms with van der Waals surface area (Å²) in [6.45, 7) is 3.86. The summed E-state index contributed by atoms with van der Waals surface area (Å²) >= 11 is 0. The van der Waals surface area contributed by atoms with Crippen LogP contribution in [-0.2, 0) is 18.9 Å². The van der Waals surface area contributed by atoms with Gasteiger partial charge in [-0.3, -0.25) is 29.6 Å². The van der Waals surface area contributed by atoms with Crippen molar-refractivity contribution in [3.63, 3.8) is 0 Å². The maximum absolute atomic E-state index is 11.8. The molecular formula is C12H20N4O3. The molecule has 2 N–H and O–H groups in total. The van der Waals surface area contributed by atoms with Gasteiger partial charge in [0.2, 0.25) is 5.91 Å². The van der Waals surface area contributed by atoms with Crippen molar-refractivity contribution in [2.75, 3.05) is 5.43 Å². The summed E-state index contributed by atoms with van der Waals surface area (Å²) in [6, 6.07) is 1.26. The standard InChI is InChI=1S/C12H20N4O3/c1-5-8(6-2)11(18)14-13-9-7-10(17)16(4)12(19)15(9)3/h7-8,13H,5-6H2,1-4H3,(H,14,18). The van der Waals surface area contributed by atoms with Crippen LogP contribution in [0.5, 0.6) is 0 Å². The number of hydrazine groups is 1. The highest BCUT2D eigenvalue weighted by Gasteiger charge is 2.14. The Balaban J connectivity index is 2.88. The summed E-state index contributed by atoms with van der Waals surface area (Å²) in [7, 11) is 2.92. The summed E-state index contributed by atoms with van der Waals surface area (Å²) in [4.78, 5) is 35.0. The van der Waals surface area contributed by atoms with E-state index in [9.17, 15) is 14.4 Å². The van der Waals surface area contributed by atoms with E-state index < -0.39 is 11.2 Å². The molecule has 0 radical (unpaired) electrons. The average Bonchev–Trinajstić information content (AvgIpc) is 2.40. The smallest absolute Gasteiger partial charge is 0.283 e. The van der Waals surface area contributed by atoms with E-state index in [-0.39, 0.29) is 17.6 Å². The Labute approximate surface area is 111 Å². The number of hydrogen-bond acceptors (Lipinski definition) is 4. The summed E-state index contributed by atoms with van der Waals surface area (Å²) in [5.41, 5.74) is 4.26. The third-order valence-corrected chi connectivity index (χ3v) is 3.20. The fourth-order valence-corrected chi connectivity index (χ4v) is 1.74. The SMILES string of the molecule is CCC(CC)C(=O)NNc1cc(=O)n(C)c(=O)n1C. The van der Waals surface area contributed by atoms with Crippen molar-refractivity contribution in [3.8, 4) is 0 Å². The van der Waals surface area contributed by atoms with Crippen molar-refractivity contribution in [2.24, 2.45) is 20.0 Å². The van der Waals surface area contributed by atoms with E-state index in [2.05, 4.69) is 10.9 Å². The molecule has 1 rings (SSSR count). The van der Waals surface area contributed by atoms with Gasteiger partial charge in [-0.25, -0.2) is 4.79 Å². The van der Waals surface area contributed by atoms with E-state index in [1.165, 1.54) is 24.7 Å². The lowest BCUT2D eigenvalue weighted by Crippen LogP contribution is -2.41. The highest BCUT2D eigenvalue weighted by Crippen LogP contribution is 2.07. The van der Waals surface area contributed by atoms with E-state index in [1.54, 1.807) is 0 Å². The van der Waals surface area contributed by atoms with E-state index in [4.69, 9.17) is 0 Å². The van der Waals surface area contributed by atoms with Crippen LogP contribution in [0.25, 0.3) is 0 Å².